The highest BCUT2D eigenvalue weighted by molar-refractivity contribution is 7.15. The van der Waals surface area contributed by atoms with Crippen molar-refractivity contribution in [2.45, 2.75) is 33.6 Å². The van der Waals surface area contributed by atoms with Crippen LogP contribution in [-0.2, 0) is 11.2 Å². The van der Waals surface area contributed by atoms with Crippen molar-refractivity contribution in [1.82, 2.24) is 9.97 Å². The smallest absolute Gasteiger partial charge is 0.309 e. The summed E-state index contributed by atoms with van der Waals surface area (Å²) in [5, 5.41) is 11.1. The van der Waals surface area contributed by atoms with E-state index in [0.29, 0.717) is 13.2 Å². The fourth-order valence-electron chi connectivity index (χ4n) is 3.51. The number of aromatic nitrogens is 2. The average Bonchev–Trinajstić information content (AvgIpc) is 3.26. The van der Waals surface area contributed by atoms with E-state index in [2.05, 4.69) is 16.9 Å². The fraction of sp³-hybridized carbons (Fsp3) is 0.280. The Morgan fingerprint density at radius 2 is 1.72 bits per heavy atom. The van der Waals surface area contributed by atoms with Gasteiger partial charge in [0.1, 0.15) is 16.5 Å². The molecule has 0 aliphatic rings. The molecule has 0 amide bonds. The first-order valence-electron chi connectivity index (χ1n) is 10.5. The van der Waals surface area contributed by atoms with Crippen molar-refractivity contribution in [3.63, 3.8) is 0 Å². The summed E-state index contributed by atoms with van der Waals surface area (Å²) < 4.78 is 11.7. The summed E-state index contributed by atoms with van der Waals surface area (Å²) in [6.45, 7) is 7.14. The van der Waals surface area contributed by atoms with Gasteiger partial charge in [-0.1, -0.05) is 0 Å². The monoisotopic (exact) mass is 450 g/mol. The second kappa shape index (κ2) is 9.44. The molecule has 6 nitrogen and oxygen atoms in total. The van der Waals surface area contributed by atoms with Crippen LogP contribution in [0.25, 0.3) is 21.5 Å². The number of fused-ring (bicyclic) bond motifs is 1. The molecule has 0 saturated carbocycles. The second-order valence-electron chi connectivity index (χ2n) is 7.74. The van der Waals surface area contributed by atoms with E-state index in [9.17, 15) is 4.79 Å². The van der Waals surface area contributed by atoms with E-state index in [0.717, 1.165) is 56.3 Å². The topological polar surface area (TPSA) is 84.4 Å². The summed E-state index contributed by atoms with van der Waals surface area (Å²) in [5.74, 6) is 0.744. The van der Waals surface area contributed by atoms with Gasteiger partial charge in [-0.3, -0.25) is 4.79 Å². The SMILES string of the molecule is Cc1nc(-c2ccc(OCCCOc3ccc4[nH]c(CC(=O)O)c(C)c4c3)cc2)sc1C. The number of ether oxygens (including phenoxy) is 2. The zero-order valence-electron chi connectivity index (χ0n) is 18.4. The predicted octanol–water partition coefficient (Wildman–Crippen LogP) is 5.69. The molecule has 4 aromatic rings. The van der Waals surface area contributed by atoms with Gasteiger partial charge in [-0.15, -0.1) is 11.3 Å². The zero-order chi connectivity index (χ0) is 22.7. The van der Waals surface area contributed by atoms with Crippen LogP contribution in [0.1, 0.15) is 28.2 Å². The Kier molecular flexibility index (Phi) is 6.46. The first kappa shape index (κ1) is 21.9. The number of nitrogens with zero attached hydrogens (tertiary/aromatic N) is 1. The summed E-state index contributed by atoms with van der Waals surface area (Å²) in [4.78, 5) is 20.0. The predicted molar refractivity (Wildman–Crippen MR) is 127 cm³/mol. The Morgan fingerprint density at radius 3 is 2.38 bits per heavy atom. The van der Waals surface area contributed by atoms with Gasteiger partial charge in [0.25, 0.3) is 0 Å². The normalized spacial score (nSPS) is 11.1. The molecular weight excluding hydrogens is 424 g/mol. The van der Waals surface area contributed by atoms with Crippen LogP contribution < -0.4 is 9.47 Å². The summed E-state index contributed by atoms with van der Waals surface area (Å²) >= 11 is 1.70. The van der Waals surface area contributed by atoms with Crippen LogP contribution in [0.15, 0.2) is 42.5 Å². The van der Waals surface area contributed by atoms with E-state index < -0.39 is 5.97 Å². The van der Waals surface area contributed by atoms with E-state index in [1.54, 1.807) is 11.3 Å². The molecule has 0 aliphatic carbocycles. The molecule has 0 unspecified atom stereocenters. The van der Waals surface area contributed by atoms with Crippen LogP contribution in [0, 0.1) is 20.8 Å². The highest BCUT2D eigenvalue weighted by atomic mass is 32.1. The number of rotatable bonds is 9. The maximum atomic E-state index is 11.0. The number of hydrogen-bond acceptors (Lipinski definition) is 5. The van der Waals surface area contributed by atoms with Crippen LogP contribution >= 0.6 is 11.3 Å². The standard InChI is InChI=1S/C25H26N2O4S/c1-15-21-13-20(9-10-22(21)27-23(15)14-24(28)29)31-12-4-11-30-19-7-5-18(6-8-19)25-26-16(2)17(3)32-25/h5-10,13,27H,4,11-12,14H2,1-3H3,(H,28,29). The minimum Gasteiger partial charge on any atom is -0.493 e. The molecule has 0 saturated heterocycles. The first-order valence-corrected chi connectivity index (χ1v) is 11.4. The van der Waals surface area contributed by atoms with Crippen LogP contribution in [0.4, 0.5) is 0 Å². The van der Waals surface area contributed by atoms with Crippen molar-refractivity contribution in [3.05, 3.63) is 64.3 Å². The summed E-state index contributed by atoms with van der Waals surface area (Å²) in [6, 6.07) is 13.8. The van der Waals surface area contributed by atoms with Crippen LogP contribution in [0.3, 0.4) is 0 Å². The van der Waals surface area contributed by atoms with Gasteiger partial charge < -0.3 is 19.6 Å². The number of benzene rings is 2. The maximum absolute atomic E-state index is 11.0. The van der Waals surface area contributed by atoms with E-state index in [1.165, 1.54) is 4.88 Å². The lowest BCUT2D eigenvalue weighted by Crippen LogP contribution is -2.05. The Bertz CT molecular complexity index is 1220. The van der Waals surface area contributed by atoms with Gasteiger partial charge in [-0.25, -0.2) is 4.98 Å². The Morgan fingerprint density at radius 1 is 1.03 bits per heavy atom. The van der Waals surface area contributed by atoms with E-state index in [1.807, 2.05) is 56.3 Å². The number of thiazole rings is 1. The number of carboxylic acid groups (broad SMARTS) is 1. The number of aromatic amines is 1. The van der Waals surface area contributed by atoms with Crippen LogP contribution in [0.5, 0.6) is 11.5 Å². The van der Waals surface area contributed by atoms with Gasteiger partial charge >= 0.3 is 5.97 Å². The second-order valence-corrected chi connectivity index (χ2v) is 8.95. The third-order valence-corrected chi connectivity index (χ3v) is 6.54. The van der Waals surface area contributed by atoms with Gasteiger partial charge in [0.05, 0.1) is 25.3 Å². The molecule has 2 aromatic carbocycles. The van der Waals surface area contributed by atoms with Gasteiger partial charge in [-0.05, 0) is 68.8 Å². The lowest BCUT2D eigenvalue weighted by Gasteiger charge is -2.09. The highest BCUT2D eigenvalue weighted by Crippen LogP contribution is 2.29. The van der Waals surface area contributed by atoms with E-state index in [-0.39, 0.29) is 6.42 Å². The first-order chi connectivity index (χ1) is 15.4. The van der Waals surface area contributed by atoms with Crippen molar-refractivity contribution < 1.29 is 19.4 Å². The van der Waals surface area contributed by atoms with Crippen molar-refractivity contribution in [3.8, 4) is 22.1 Å². The van der Waals surface area contributed by atoms with Gasteiger partial charge in [-0.2, -0.15) is 0 Å². The van der Waals surface area contributed by atoms with E-state index in [4.69, 9.17) is 14.6 Å². The largest absolute Gasteiger partial charge is 0.493 e. The van der Waals surface area contributed by atoms with Crippen LogP contribution in [-0.4, -0.2) is 34.3 Å². The molecule has 0 fully saturated rings. The maximum Gasteiger partial charge on any atom is 0.309 e. The molecule has 0 radical (unpaired) electrons. The summed E-state index contributed by atoms with van der Waals surface area (Å²) in [7, 11) is 0. The summed E-state index contributed by atoms with van der Waals surface area (Å²) in [5.41, 5.74) is 4.77. The van der Waals surface area contributed by atoms with Gasteiger partial charge in [0.2, 0.25) is 0 Å². The average molecular weight is 451 g/mol. The number of aryl methyl sites for hydroxylation is 3. The quantitative estimate of drug-likeness (QED) is 0.320. The molecule has 0 bridgehead atoms. The Balaban J connectivity index is 1.26. The molecule has 7 heteroatoms. The molecular formula is C25H26N2O4S. The van der Waals surface area contributed by atoms with Crippen molar-refractivity contribution in [2.75, 3.05) is 13.2 Å². The van der Waals surface area contributed by atoms with Gasteiger partial charge in [0.15, 0.2) is 0 Å². The van der Waals surface area contributed by atoms with Gasteiger partial charge in [0, 0.05) is 33.5 Å². The zero-order valence-corrected chi connectivity index (χ0v) is 19.2. The van der Waals surface area contributed by atoms with Crippen molar-refractivity contribution in [1.29, 1.82) is 0 Å². The molecule has 0 atom stereocenters. The third kappa shape index (κ3) is 4.94. The minimum atomic E-state index is -0.848. The number of carboxylic acids is 1. The lowest BCUT2D eigenvalue weighted by molar-refractivity contribution is -0.136. The number of aliphatic carboxylic acids is 1. The lowest BCUT2D eigenvalue weighted by atomic mass is 10.1. The Labute approximate surface area is 190 Å². The molecule has 4 rings (SSSR count). The van der Waals surface area contributed by atoms with Crippen LogP contribution in [0.2, 0.25) is 0 Å². The number of hydrogen-bond donors (Lipinski definition) is 2. The summed E-state index contributed by atoms with van der Waals surface area (Å²) in [6.07, 6.45) is 0.735. The van der Waals surface area contributed by atoms with E-state index >= 15 is 0 Å². The molecule has 2 N–H and O–H groups in total. The Hall–Kier alpha value is -3.32. The molecule has 32 heavy (non-hydrogen) atoms. The number of H-pyrrole nitrogens is 1. The van der Waals surface area contributed by atoms with Crippen molar-refractivity contribution in [2.24, 2.45) is 0 Å². The van der Waals surface area contributed by atoms with Crippen molar-refractivity contribution >= 4 is 28.2 Å². The molecule has 166 valence electrons. The molecule has 2 heterocycles. The number of nitrogens with one attached hydrogen (secondary N) is 1. The molecule has 2 aromatic heterocycles. The minimum absolute atomic E-state index is 0.0157. The third-order valence-electron chi connectivity index (χ3n) is 5.42. The molecule has 0 aliphatic heterocycles. The highest BCUT2D eigenvalue weighted by Gasteiger charge is 2.11. The number of carbonyl (C=O) groups is 1. The molecule has 0 spiro atoms. The fourth-order valence-corrected chi connectivity index (χ4v) is 4.43.